The largest absolute Gasteiger partial charge is 0.417 e. The van der Waals surface area contributed by atoms with Gasteiger partial charge < -0.3 is 5.73 Å². The van der Waals surface area contributed by atoms with Crippen molar-refractivity contribution in [2.45, 2.75) is 30.5 Å². The number of carbonyl (C=O) groups excluding carboxylic acids is 1. The lowest BCUT2D eigenvalue weighted by Gasteiger charge is -2.25. The number of anilines is 1. The van der Waals surface area contributed by atoms with Crippen LogP contribution in [0.1, 0.15) is 23.1 Å². The lowest BCUT2D eigenvalue weighted by molar-refractivity contribution is -0.137. The minimum Gasteiger partial charge on any atom is -0.370 e. The average Bonchev–Trinajstić information content (AvgIpc) is 2.76. The fraction of sp³-hybridized carbons (Fsp3) is 0.182. The standard InChI is InChI=1S/C22H19ClF3N3O3S/c23-19-12-17(22(24,25)26)13-28-21(19)29(14-16-4-2-1-3-5-16)33(31,32)18-9-6-15(7-10-18)8-11-20(27)30/h1-7,9-10,12-13H,8,11,14H2,(H2,27,30). The molecule has 2 aromatic carbocycles. The summed E-state index contributed by atoms with van der Waals surface area (Å²) in [5, 5.41) is -0.456. The summed E-state index contributed by atoms with van der Waals surface area (Å²) in [4.78, 5) is 14.6. The number of carbonyl (C=O) groups is 1. The quantitative estimate of drug-likeness (QED) is 0.493. The van der Waals surface area contributed by atoms with Crippen LogP contribution in [0.5, 0.6) is 0 Å². The van der Waals surface area contributed by atoms with Crippen LogP contribution in [0.3, 0.4) is 0 Å². The van der Waals surface area contributed by atoms with E-state index in [0.717, 1.165) is 4.31 Å². The third kappa shape index (κ3) is 6.02. The number of pyridine rings is 1. The molecule has 2 N–H and O–H groups in total. The van der Waals surface area contributed by atoms with Gasteiger partial charge in [-0.2, -0.15) is 13.2 Å². The molecule has 0 atom stereocenters. The van der Waals surface area contributed by atoms with Gasteiger partial charge in [0.25, 0.3) is 10.0 Å². The first kappa shape index (κ1) is 24.5. The molecular weight excluding hydrogens is 479 g/mol. The van der Waals surface area contributed by atoms with Crippen molar-refractivity contribution in [1.82, 2.24) is 4.98 Å². The van der Waals surface area contributed by atoms with Gasteiger partial charge in [-0.05, 0) is 35.7 Å². The summed E-state index contributed by atoms with van der Waals surface area (Å²) >= 11 is 6.07. The molecule has 0 saturated carbocycles. The number of hydrogen-bond donors (Lipinski definition) is 1. The van der Waals surface area contributed by atoms with Crippen molar-refractivity contribution >= 4 is 33.3 Å². The Morgan fingerprint density at radius 1 is 1.03 bits per heavy atom. The van der Waals surface area contributed by atoms with E-state index in [2.05, 4.69) is 4.98 Å². The van der Waals surface area contributed by atoms with Gasteiger partial charge in [0.1, 0.15) is 0 Å². The first-order chi connectivity index (χ1) is 15.5. The molecule has 174 valence electrons. The van der Waals surface area contributed by atoms with Crippen molar-refractivity contribution < 1.29 is 26.4 Å². The lowest BCUT2D eigenvalue weighted by atomic mass is 10.1. The molecule has 1 aromatic heterocycles. The van der Waals surface area contributed by atoms with Crippen LogP contribution in [0, 0.1) is 0 Å². The zero-order chi connectivity index (χ0) is 24.2. The highest BCUT2D eigenvalue weighted by molar-refractivity contribution is 7.92. The van der Waals surface area contributed by atoms with Gasteiger partial charge in [-0.25, -0.2) is 17.7 Å². The number of aromatic nitrogens is 1. The molecule has 0 aliphatic carbocycles. The molecule has 0 aliphatic rings. The summed E-state index contributed by atoms with van der Waals surface area (Å²) in [6, 6.07) is 14.9. The summed E-state index contributed by atoms with van der Waals surface area (Å²) in [5.74, 6) is -0.810. The molecule has 0 radical (unpaired) electrons. The van der Waals surface area contributed by atoms with Gasteiger partial charge in [0.05, 0.1) is 22.0 Å². The SMILES string of the molecule is NC(=O)CCc1ccc(S(=O)(=O)N(Cc2ccccc2)c2ncc(C(F)(F)F)cc2Cl)cc1. The molecule has 0 fully saturated rings. The number of amides is 1. The zero-order valence-corrected chi connectivity index (χ0v) is 18.7. The second kappa shape index (κ2) is 9.80. The lowest BCUT2D eigenvalue weighted by Crippen LogP contribution is -2.31. The van der Waals surface area contributed by atoms with Crippen molar-refractivity contribution in [3.63, 3.8) is 0 Å². The minimum atomic E-state index is -4.68. The van der Waals surface area contributed by atoms with Gasteiger partial charge in [0.15, 0.2) is 5.82 Å². The number of sulfonamides is 1. The van der Waals surface area contributed by atoms with Crippen molar-refractivity contribution in [3.8, 4) is 0 Å². The molecule has 0 aliphatic heterocycles. The Morgan fingerprint density at radius 3 is 2.21 bits per heavy atom. The van der Waals surface area contributed by atoms with Crippen LogP contribution in [0.15, 0.2) is 71.8 Å². The van der Waals surface area contributed by atoms with Crippen LogP contribution in [0.25, 0.3) is 0 Å². The van der Waals surface area contributed by atoms with Gasteiger partial charge in [-0.15, -0.1) is 0 Å². The van der Waals surface area contributed by atoms with Gasteiger partial charge in [0.2, 0.25) is 5.91 Å². The molecule has 6 nitrogen and oxygen atoms in total. The van der Waals surface area contributed by atoms with Crippen molar-refractivity contribution in [2.75, 3.05) is 4.31 Å². The predicted octanol–water partition coefficient (Wildman–Crippen LogP) is 4.57. The molecular formula is C22H19ClF3N3O3S. The molecule has 0 saturated heterocycles. The van der Waals surface area contributed by atoms with Crippen LogP contribution >= 0.6 is 11.6 Å². The number of halogens is 4. The number of nitrogens with two attached hydrogens (primary N) is 1. The van der Waals surface area contributed by atoms with Gasteiger partial charge >= 0.3 is 6.18 Å². The van der Waals surface area contributed by atoms with E-state index < -0.39 is 32.7 Å². The molecule has 3 aromatic rings. The predicted molar refractivity (Wildman–Crippen MR) is 118 cm³/mol. The van der Waals surface area contributed by atoms with E-state index in [-0.39, 0.29) is 23.7 Å². The number of alkyl halides is 3. The third-order valence-electron chi connectivity index (χ3n) is 4.73. The van der Waals surface area contributed by atoms with Crippen LogP contribution in [0.4, 0.5) is 19.0 Å². The normalized spacial score (nSPS) is 11.9. The Hall–Kier alpha value is -3.11. The van der Waals surface area contributed by atoms with E-state index in [1.807, 2.05) is 0 Å². The van der Waals surface area contributed by atoms with E-state index in [4.69, 9.17) is 17.3 Å². The fourth-order valence-electron chi connectivity index (χ4n) is 3.02. The molecule has 1 amide bonds. The number of hydrogen-bond acceptors (Lipinski definition) is 4. The maximum Gasteiger partial charge on any atom is 0.417 e. The highest BCUT2D eigenvalue weighted by Gasteiger charge is 2.34. The van der Waals surface area contributed by atoms with Crippen LogP contribution in [-0.2, 0) is 34.0 Å². The fourth-order valence-corrected chi connectivity index (χ4v) is 4.76. The Bertz CT molecular complexity index is 1240. The second-order valence-electron chi connectivity index (χ2n) is 7.13. The van der Waals surface area contributed by atoms with Crippen LogP contribution < -0.4 is 10.0 Å². The second-order valence-corrected chi connectivity index (χ2v) is 9.40. The third-order valence-corrected chi connectivity index (χ3v) is 6.75. The van der Waals surface area contributed by atoms with E-state index in [1.54, 1.807) is 30.3 Å². The zero-order valence-electron chi connectivity index (χ0n) is 17.1. The highest BCUT2D eigenvalue weighted by atomic mass is 35.5. The smallest absolute Gasteiger partial charge is 0.370 e. The number of rotatable bonds is 8. The van der Waals surface area contributed by atoms with Gasteiger partial charge in [-0.3, -0.25) is 4.79 Å². The maximum atomic E-state index is 13.5. The Labute approximate surface area is 193 Å². The summed E-state index contributed by atoms with van der Waals surface area (Å²) in [6.07, 6.45) is -3.69. The van der Waals surface area contributed by atoms with Crippen molar-refractivity contribution in [3.05, 3.63) is 88.6 Å². The summed E-state index contributed by atoms with van der Waals surface area (Å²) in [6.45, 7) is -0.204. The van der Waals surface area contributed by atoms with E-state index in [9.17, 15) is 26.4 Å². The number of benzene rings is 2. The topological polar surface area (TPSA) is 93.4 Å². The first-order valence-electron chi connectivity index (χ1n) is 9.65. The first-order valence-corrected chi connectivity index (χ1v) is 11.5. The minimum absolute atomic E-state index is 0.108. The van der Waals surface area contributed by atoms with Gasteiger partial charge in [-0.1, -0.05) is 54.1 Å². The Balaban J connectivity index is 2.03. The summed E-state index contributed by atoms with van der Waals surface area (Å²) in [5.41, 5.74) is 5.33. The molecule has 0 bridgehead atoms. The monoisotopic (exact) mass is 497 g/mol. The highest BCUT2D eigenvalue weighted by Crippen LogP contribution is 2.35. The molecule has 0 spiro atoms. The molecule has 0 unspecified atom stereocenters. The Morgan fingerprint density at radius 2 is 1.67 bits per heavy atom. The van der Waals surface area contributed by atoms with Crippen LogP contribution in [0.2, 0.25) is 5.02 Å². The average molecular weight is 498 g/mol. The van der Waals surface area contributed by atoms with E-state index in [1.165, 1.54) is 24.3 Å². The van der Waals surface area contributed by atoms with E-state index >= 15 is 0 Å². The summed E-state index contributed by atoms with van der Waals surface area (Å²) in [7, 11) is -4.26. The number of aryl methyl sites for hydroxylation is 1. The number of nitrogens with zero attached hydrogens (tertiary/aromatic N) is 2. The Kier molecular flexibility index (Phi) is 7.28. The maximum absolute atomic E-state index is 13.5. The van der Waals surface area contributed by atoms with E-state index in [0.29, 0.717) is 29.8 Å². The van der Waals surface area contributed by atoms with Crippen molar-refractivity contribution in [1.29, 1.82) is 0 Å². The molecule has 11 heteroatoms. The van der Waals surface area contributed by atoms with Gasteiger partial charge in [0, 0.05) is 12.6 Å². The van der Waals surface area contributed by atoms with Crippen LogP contribution in [-0.4, -0.2) is 19.3 Å². The molecule has 33 heavy (non-hydrogen) atoms. The summed E-state index contributed by atoms with van der Waals surface area (Å²) < 4.78 is 66.9. The molecule has 1 heterocycles. The number of primary amides is 1. The molecule has 3 rings (SSSR count). The van der Waals surface area contributed by atoms with Crippen molar-refractivity contribution in [2.24, 2.45) is 5.73 Å².